The van der Waals surface area contributed by atoms with Gasteiger partial charge < -0.3 is 20.5 Å². The highest BCUT2D eigenvalue weighted by Crippen LogP contribution is 2.29. The second kappa shape index (κ2) is 12.0. The van der Waals surface area contributed by atoms with Crippen molar-refractivity contribution in [3.05, 3.63) is 75.1 Å². The first-order chi connectivity index (χ1) is 19.6. The van der Waals surface area contributed by atoms with Crippen LogP contribution in [0.5, 0.6) is 5.88 Å². The molecule has 3 heterocycles. The number of hydrogen-bond donors (Lipinski definition) is 4. The smallest absolute Gasteiger partial charge is 0.333 e. The number of amides is 2. The number of pyridine rings is 1. The minimum atomic E-state index is -4.18. The number of hydrogen-bond acceptors (Lipinski definition) is 9. The average molecular weight is 622 g/mol. The zero-order valence-electron chi connectivity index (χ0n) is 21.4. The summed E-state index contributed by atoms with van der Waals surface area (Å²) in [6.45, 7) is 4.70. The van der Waals surface area contributed by atoms with Crippen LogP contribution in [0.3, 0.4) is 0 Å². The molecule has 0 spiro atoms. The highest BCUT2D eigenvalue weighted by Gasteiger charge is 2.21. The SMILES string of the molecule is O=C(Nc1ccc(-n2c(O)c3ccc(NCCN4CCOCC4)cc3cc2=O)c(F)c1)NS(=O)(=O)c1ccc(Cl)s1. The number of ether oxygens (including phenoxy) is 1. The molecule has 4 N–H and O–H groups in total. The Labute approximate surface area is 243 Å². The van der Waals surface area contributed by atoms with Crippen LogP contribution in [0.4, 0.5) is 20.6 Å². The molecule has 15 heteroatoms. The summed E-state index contributed by atoms with van der Waals surface area (Å²) in [5.74, 6) is -1.39. The van der Waals surface area contributed by atoms with E-state index < -0.39 is 33.3 Å². The number of morpholine rings is 1. The van der Waals surface area contributed by atoms with E-state index in [2.05, 4.69) is 15.5 Å². The van der Waals surface area contributed by atoms with Crippen molar-refractivity contribution < 1.29 is 27.4 Å². The lowest BCUT2D eigenvalue weighted by Crippen LogP contribution is -2.38. The predicted octanol–water partition coefficient (Wildman–Crippen LogP) is 3.80. The third-order valence-electron chi connectivity index (χ3n) is 6.35. The van der Waals surface area contributed by atoms with Gasteiger partial charge in [-0.2, -0.15) is 0 Å². The summed E-state index contributed by atoms with van der Waals surface area (Å²) >= 11 is 6.52. The largest absolute Gasteiger partial charge is 0.494 e. The average Bonchev–Trinajstić information content (AvgIpc) is 3.37. The summed E-state index contributed by atoms with van der Waals surface area (Å²) in [7, 11) is -4.18. The normalized spacial score (nSPS) is 14.2. The number of nitrogens with one attached hydrogen (secondary N) is 3. The maximum atomic E-state index is 15.1. The van der Waals surface area contributed by atoms with Gasteiger partial charge in [0.05, 0.1) is 23.2 Å². The van der Waals surface area contributed by atoms with E-state index in [-0.39, 0.29) is 19.9 Å². The van der Waals surface area contributed by atoms with Crippen LogP contribution in [0.25, 0.3) is 16.5 Å². The van der Waals surface area contributed by atoms with Crippen molar-refractivity contribution >= 4 is 61.1 Å². The van der Waals surface area contributed by atoms with Gasteiger partial charge in [0.25, 0.3) is 15.6 Å². The third kappa shape index (κ3) is 6.63. The van der Waals surface area contributed by atoms with Crippen molar-refractivity contribution in [3.63, 3.8) is 0 Å². The quantitative estimate of drug-likeness (QED) is 0.233. The first kappa shape index (κ1) is 28.8. The Balaban J connectivity index is 1.30. The molecule has 0 aliphatic carbocycles. The Morgan fingerprint density at radius 2 is 1.83 bits per heavy atom. The number of rotatable bonds is 8. The van der Waals surface area contributed by atoms with Crippen LogP contribution in [-0.4, -0.2) is 68.4 Å². The number of benzene rings is 2. The molecule has 4 aromatic rings. The minimum absolute atomic E-state index is 0.0794. The van der Waals surface area contributed by atoms with Gasteiger partial charge in [-0.1, -0.05) is 11.6 Å². The predicted molar refractivity (Wildman–Crippen MR) is 156 cm³/mol. The summed E-state index contributed by atoms with van der Waals surface area (Å²) in [6.07, 6.45) is 0. The molecule has 0 bridgehead atoms. The molecule has 1 aliphatic rings. The van der Waals surface area contributed by atoms with E-state index >= 15 is 4.39 Å². The Hall–Kier alpha value is -3.69. The lowest BCUT2D eigenvalue weighted by molar-refractivity contribution is 0.0398. The first-order valence-corrected chi connectivity index (χ1v) is 15.1. The highest BCUT2D eigenvalue weighted by molar-refractivity contribution is 7.92. The number of thiophene rings is 1. The molecular formula is C26H25ClFN5O6S2. The number of carbonyl (C=O) groups excluding carboxylic acids is 1. The summed E-state index contributed by atoms with van der Waals surface area (Å²) < 4.78 is 47.8. The molecule has 11 nitrogen and oxygen atoms in total. The van der Waals surface area contributed by atoms with Crippen molar-refractivity contribution in [2.24, 2.45) is 0 Å². The Bertz CT molecular complexity index is 1770. The van der Waals surface area contributed by atoms with Gasteiger partial charge in [0, 0.05) is 49.0 Å². The number of aromatic nitrogens is 1. The number of anilines is 2. The van der Waals surface area contributed by atoms with Crippen molar-refractivity contribution in [1.29, 1.82) is 0 Å². The van der Waals surface area contributed by atoms with Gasteiger partial charge in [0.2, 0.25) is 5.88 Å². The molecule has 2 aromatic heterocycles. The molecule has 216 valence electrons. The first-order valence-electron chi connectivity index (χ1n) is 12.4. The van der Waals surface area contributed by atoms with Crippen molar-refractivity contribution in [1.82, 2.24) is 14.2 Å². The lowest BCUT2D eigenvalue weighted by Gasteiger charge is -2.26. The van der Waals surface area contributed by atoms with E-state index in [1.54, 1.807) is 18.2 Å². The van der Waals surface area contributed by atoms with Crippen LogP contribution < -0.4 is 20.9 Å². The lowest BCUT2D eigenvalue weighted by atomic mass is 10.1. The monoisotopic (exact) mass is 621 g/mol. The van der Waals surface area contributed by atoms with Crippen LogP contribution in [0.1, 0.15) is 0 Å². The molecule has 0 saturated carbocycles. The number of urea groups is 1. The summed E-state index contributed by atoms with van der Waals surface area (Å²) in [5, 5.41) is 17.3. The number of fused-ring (bicyclic) bond motifs is 1. The van der Waals surface area contributed by atoms with Gasteiger partial charge in [-0.25, -0.2) is 26.9 Å². The van der Waals surface area contributed by atoms with Crippen molar-refractivity contribution in [3.8, 4) is 11.6 Å². The third-order valence-corrected chi connectivity index (χ3v) is 9.41. The summed E-state index contributed by atoms with van der Waals surface area (Å²) in [6, 6.07) is 11.3. The summed E-state index contributed by atoms with van der Waals surface area (Å²) in [5.41, 5.74) is -0.233. The Kier molecular flexibility index (Phi) is 8.47. The standard InChI is InChI=1S/C26H25ClFN5O6S2/c27-22-5-6-24(40-22)41(37,38)31-26(36)30-18-2-4-21(20(28)15-18)33-23(34)14-16-13-17(1-3-19(16)25(33)35)29-7-8-32-9-11-39-12-10-32/h1-6,13-15,29,35H,7-12H2,(H2,30,31,36). The molecule has 1 fully saturated rings. The van der Waals surface area contributed by atoms with Gasteiger partial charge in [-0.15, -0.1) is 11.3 Å². The molecule has 0 radical (unpaired) electrons. The van der Waals surface area contributed by atoms with Gasteiger partial charge in [0.15, 0.2) is 0 Å². The Morgan fingerprint density at radius 1 is 1.07 bits per heavy atom. The molecule has 0 atom stereocenters. The molecule has 5 rings (SSSR count). The van der Waals surface area contributed by atoms with Crippen LogP contribution in [0.15, 0.2) is 63.6 Å². The van der Waals surface area contributed by atoms with Gasteiger partial charge in [-0.3, -0.25) is 9.69 Å². The van der Waals surface area contributed by atoms with Crippen LogP contribution in [0, 0.1) is 5.82 Å². The second-order valence-electron chi connectivity index (χ2n) is 9.11. The van der Waals surface area contributed by atoms with Gasteiger partial charge >= 0.3 is 6.03 Å². The molecular weight excluding hydrogens is 597 g/mol. The number of nitrogens with zero attached hydrogens (tertiary/aromatic N) is 2. The van der Waals surface area contributed by atoms with E-state index in [4.69, 9.17) is 16.3 Å². The van der Waals surface area contributed by atoms with E-state index in [1.807, 2.05) is 4.72 Å². The molecule has 2 amide bonds. The number of halogens is 2. The maximum Gasteiger partial charge on any atom is 0.333 e. The van der Waals surface area contributed by atoms with Gasteiger partial charge in [-0.05, 0) is 53.9 Å². The molecule has 0 unspecified atom stereocenters. The fourth-order valence-electron chi connectivity index (χ4n) is 4.37. The maximum absolute atomic E-state index is 15.1. The van der Waals surface area contributed by atoms with E-state index in [0.29, 0.717) is 30.5 Å². The van der Waals surface area contributed by atoms with Crippen LogP contribution >= 0.6 is 22.9 Å². The zero-order chi connectivity index (χ0) is 29.1. The van der Waals surface area contributed by atoms with Crippen LogP contribution in [-0.2, 0) is 14.8 Å². The van der Waals surface area contributed by atoms with E-state index in [9.17, 15) is 23.1 Å². The Morgan fingerprint density at radius 3 is 2.54 bits per heavy atom. The summed E-state index contributed by atoms with van der Waals surface area (Å²) in [4.78, 5) is 27.5. The molecule has 2 aromatic carbocycles. The van der Waals surface area contributed by atoms with E-state index in [1.165, 1.54) is 30.3 Å². The molecule has 41 heavy (non-hydrogen) atoms. The topological polar surface area (TPSA) is 142 Å². The van der Waals surface area contributed by atoms with Crippen molar-refractivity contribution in [2.45, 2.75) is 4.21 Å². The van der Waals surface area contributed by atoms with E-state index in [0.717, 1.165) is 47.3 Å². The number of sulfonamides is 1. The minimum Gasteiger partial charge on any atom is -0.494 e. The highest BCUT2D eigenvalue weighted by atomic mass is 35.5. The fraction of sp³-hybridized carbons (Fsp3) is 0.231. The second-order valence-corrected chi connectivity index (χ2v) is 12.7. The molecule has 1 aliphatic heterocycles. The number of aromatic hydroxyl groups is 1. The molecule has 1 saturated heterocycles. The fourth-order valence-corrected chi connectivity index (χ4v) is 6.76. The number of carbonyl (C=O) groups is 1. The van der Waals surface area contributed by atoms with Crippen LogP contribution in [0.2, 0.25) is 4.34 Å². The zero-order valence-corrected chi connectivity index (χ0v) is 23.8. The van der Waals surface area contributed by atoms with Crippen molar-refractivity contribution in [2.75, 3.05) is 50.0 Å². The van der Waals surface area contributed by atoms with Gasteiger partial charge in [0.1, 0.15) is 10.0 Å².